The first kappa shape index (κ1) is 23.0. The molecule has 0 aliphatic heterocycles. The van der Waals surface area contributed by atoms with Crippen molar-refractivity contribution in [2.24, 2.45) is 0 Å². The van der Waals surface area contributed by atoms with E-state index in [1.807, 2.05) is 47.9 Å². The van der Waals surface area contributed by atoms with E-state index in [0.717, 1.165) is 11.3 Å². The molecule has 4 rings (SSSR count). The molecule has 3 aromatic carbocycles. The summed E-state index contributed by atoms with van der Waals surface area (Å²) in [6.07, 6.45) is 0. The van der Waals surface area contributed by atoms with E-state index in [1.165, 1.54) is 4.68 Å². The second kappa shape index (κ2) is 9.79. The molecule has 0 fully saturated rings. The molecule has 1 heterocycles. The summed E-state index contributed by atoms with van der Waals surface area (Å²) in [5, 5.41) is 8.47. The van der Waals surface area contributed by atoms with Crippen LogP contribution in [0.15, 0.2) is 66.7 Å². The Kier molecular flexibility index (Phi) is 6.83. The Bertz CT molecular complexity index is 1400. The number of anilines is 1. The number of nitrogens with one attached hydrogen (secondary N) is 1. The van der Waals surface area contributed by atoms with Crippen molar-refractivity contribution < 1.29 is 9.53 Å². The Morgan fingerprint density at radius 2 is 1.82 bits per heavy atom. The first-order valence-corrected chi connectivity index (χ1v) is 11.2. The molecule has 0 atom stereocenters. The van der Waals surface area contributed by atoms with E-state index < -0.39 is 0 Å². The molecule has 33 heavy (non-hydrogen) atoms. The van der Waals surface area contributed by atoms with Crippen LogP contribution in [-0.4, -0.2) is 27.4 Å². The van der Waals surface area contributed by atoms with E-state index >= 15 is 0 Å². The lowest BCUT2D eigenvalue weighted by molar-refractivity contribution is -0.116. The minimum Gasteiger partial charge on any atom is -0.495 e. The molecule has 0 bridgehead atoms. The highest BCUT2D eigenvalue weighted by Gasteiger charge is 2.20. The molecule has 1 amide bonds. The lowest BCUT2D eigenvalue weighted by Gasteiger charge is -2.11. The number of carbonyl (C=O) groups is 1. The summed E-state index contributed by atoms with van der Waals surface area (Å²) in [5.74, 6) is 0.786. The SMILES string of the molecule is COc1ccccc1NC(=O)Cn1nc(-c2ccc(Cl)cc2Cl)n(-c2ccccc2C)c1=S. The fourth-order valence-corrected chi connectivity index (χ4v) is 4.24. The van der Waals surface area contributed by atoms with Crippen LogP contribution in [0.1, 0.15) is 5.56 Å². The standard InChI is InChI=1S/C24H20Cl2N4O2S/c1-15-7-3-5-9-20(15)30-23(17-12-11-16(25)13-18(17)26)28-29(24(30)33)14-22(31)27-19-8-4-6-10-21(19)32-2/h3-13H,14H2,1-2H3,(H,27,31). The number of aromatic nitrogens is 3. The summed E-state index contributed by atoms with van der Waals surface area (Å²) in [6, 6.07) is 20.2. The maximum Gasteiger partial charge on any atom is 0.246 e. The molecule has 0 radical (unpaired) electrons. The molecule has 4 aromatic rings. The van der Waals surface area contributed by atoms with Gasteiger partial charge in [0.25, 0.3) is 0 Å². The van der Waals surface area contributed by atoms with Crippen molar-refractivity contribution in [3.63, 3.8) is 0 Å². The second-order valence-corrected chi connectivity index (χ2v) is 8.47. The quantitative estimate of drug-likeness (QED) is 0.315. The van der Waals surface area contributed by atoms with Gasteiger partial charge in [-0.05, 0) is 61.1 Å². The minimum absolute atomic E-state index is 0.0893. The van der Waals surface area contributed by atoms with Crippen molar-refractivity contribution in [2.75, 3.05) is 12.4 Å². The number of benzene rings is 3. The number of ether oxygens (including phenoxy) is 1. The van der Waals surface area contributed by atoms with Crippen LogP contribution in [0.2, 0.25) is 10.0 Å². The third-order valence-electron chi connectivity index (χ3n) is 5.04. The first-order valence-electron chi connectivity index (χ1n) is 10.0. The van der Waals surface area contributed by atoms with E-state index in [2.05, 4.69) is 10.4 Å². The van der Waals surface area contributed by atoms with Gasteiger partial charge in [-0.25, -0.2) is 4.68 Å². The largest absolute Gasteiger partial charge is 0.495 e. The molecule has 0 aliphatic carbocycles. The van der Waals surface area contributed by atoms with E-state index in [4.69, 9.17) is 40.2 Å². The average Bonchev–Trinajstić information content (AvgIpc) is 3.10. The topological polar surface area (TPSA) is 61.1 Å². The van der Waals surface area contributed by atoms with Gasteiger partial charge < -0.3 is 10.1 Å². The molecule has 1 aromatic heterocycles. The zero-order chi connectivity index (χ0) is 23.5. The fraction of sp³-hybridized carbons (Fsp3) is 0.125. The van der Waals surface area contributed by atoms with Gasteiger partial charge in [0, 0.05) is 10.6 Å². The van der Waals surface area contributed by atoms with Gasteiger partial charge in [-0.2, -0.15) is 5.10 Å². The number of rotatable bonds is 6. The van der Waals surface area contributed by atoms with Crippen LogP contribution < -0.4 is 10.1 Å². The zero-order valence-corrected chi connectivity index (χ0v) is 20.2. The number of aryl methyl sites for hydroxylation is 1. The van der Waals surface area contributed by atoms with Gasteiger partial charge in [0.1, 0.15) is 12.3 Å². The Hall–Kier alpha value is -3.13. The Morgan fingerprint density at radius 1 is 1.09 bits per heavy atom. The predicted octanol–water partition coefficient (Wildman–Crippen LogP) is 6.33. The van der Waals surface area contributed by atoms with Gasteiger partial charge in [-0.3, -0.25) is 9.36 Å². The van der Waals surface area contributed by atoms with Gasteiger partial charge in [0.05, 0.1) is 23.5 Å². The molecular formula is C24H20Cl2N4O2S. The number of hydrogen-bond donors (Lipinski definition) is 1. The minimum atomic E-state index is -0.293. The van der Waals surface area contributed by atoms with E-state index in [1.54, 1.807) is 37.4 Å². The average molecular weight is 499 g/mol. The highest BCUT2D eigenvalue weighted by atomic mass is 35.5. The van der Waals surface area contributed by atoms with Gasteiger partial charge in [0.15, 0.2) is 5.82 Å². The summed E-state index contributed by atoms with van der Waals surface area (Å²) in [5.41, 5.74) is 3.06. The molecule has 0 spiro atoms. The number of amides is 1. The smallest absolute Gasteiger partial charge is 0.246 e. The van der Waals surface area contributed by atoms with E-state index in [-0.39, 0.29) is 12.5 Å². The van der Waals surface area contributed by atoms with Crippen LogP contribution in [-0.2, 0) is 11.3 Å². The molecular weight excluding hydrogens is 479 g/mol. The van der Waals surface area contributed by atoms with Crippen LogP contribution in [0.4, 0.5) is 5.69 Å². The molecule has 0 unspecified atom stereocenters. The maximum absolute atomic E-state index is 12.8. The van der Waals surface area contributed by atoms with Crippen LogP contribution in [0.5, 0.6) is 5.75 Å². The number of nitrogens with zero attached hydrogens (tertiary/aromatic N) is 3. The van der Waals surface area contributed by atoms with Crippen LogP contribution in [0.3, 0.4) is 0 Å². The number of para-hydroxylation sites is 3. The highest BCUT2D eigenvalue weighted by molar-refractivity contribution is 7.71. The highest BCUT2D eigenvalue weighted by Crippen LogP contribution is 2.32. The maximum atomic E-state index is 12.8. The summed E-state index contributed by atoms with van der Waals surface area (Å²) < 4.78 is 8.96. The second-order valence-electron chi connectivity index (χ2n) is 7.26. The Morgan fingerprint density at radius 3 is 2.55 bits per heavy atom. The molecule has 0 aliphatic rings. The van der Waals surface area contributed by atoms with Crippen LogP contribution in [0, 0.1) is 11.7 Å². The number of methoxy groups -OCH3 is 1. The monoisotopic (exact) mass is 498 g/mol. The molecule has 9 heteroatoms. The van der Waals surface area contributed by atoms with E-state index in [0.29, 0.717) is 37.6 Å². The van der Waals surface area contributed by atoms with Crippen molar-refractivity contribution >= 4 is 47.0 Å². The van der Waals surface area contributed by atoms with Crippen LogP contribution >= 0.6 is 35.4 Å². The van der Waals surface area contributed by atoms with Crippen molar-refractivity contribution in [3.8, 4) is 22.8 Å². The van der Waals surface area contributed by atoms with Crippen molar-refractivity contribution in [1.29, 1.82) is 0 Å². The predicted molar refractivity (Wildman–Crippen MR) is 134 cm³/mol. The summed E-state index contributed by atoms with van der Waals surface area (Å²) in [7, 11) is 1.55. The van der Waals surface area contributed by atoms with E-state index in [9.17, 15) is 4.79 Å². The summed E-state index contributed by atoms with van der Waals surface area (Å²) in [6.45, 7) is 1.89. The molecule has 0 saturated carbocycles. The fourth-order valence-electron chi connectivity index (χ4n) is 3.46. The van der Waals surface area contributed by atoms with Gasteiger partial charge in [0.2, 0.25) is 10.7 Å². The van der Waals surface area contributed by atoms with Gasteiger partial charge in [-0.1, -0.05) is 53.5 Å². The normalized spacial score (nSPS) is 10.8. The first-order chi connectivity index (χ1) is 15.9. The van der Waals surface area contributed by atoms with Gasteiger partial charge >= 0.3 is 0 Å². The summed E-state index contributed by atoms with van der Waals surface area (Å²) in [4.78, 5) is 12.8. The molecule has 0 saturated heterocycles. The van der Waals surface area contributed by atoms with Crippen molar-refractivity contribution in [1.82, 2.24) is 14.3 Å². The zero-order valence-electron chi connectivity index (χ0n) is 17.9. The lowest BCUT2D eigenvalue weighted by atomic mass is 10.1. The van der Waals surface area contributed by atoms with Crippen molar-refractivity contribution in [3.05, 3.63) is 87.1 Å². The third-order valence-corrected chi connectivity index (χ3v) is 5.98. The van der Waals surface area contributed by atoms with Crippen LogP contribution in [0.25, 0.3) is 17.1 Å². The van der Waals surface area contributed by atoms with Crippen molar-refractivity contribution in [2.45, 2.75) is 13.5 Å². The molecule has 168 valence electrons. The lowest BCUT2D eigenvalue weighted by Crippen LogP contribution is -2.20. The Balaban J connectivity index is 1.78. The van der Waals surface area contributed by atoms with Gasteiger partial charge in [-0.15, -0.1) is 0 Å². The number of halogens is 2. The molecule has 6 nitrogen and oxygen atoms in total. The number of hydrogen-bond acceptors (Lipinski definition) is 4. The Labute approximate surface area is 206 Å². The third kappa shape index (κ3) is 4.80. The summed E-state index contributed by atoms with van der Waals surface area (Å²) >= 11 is 18.3. The molecule has 1 N–H and O–H groups in total. The number of carbonyl (C=O) groups excluding carboxylic acids is 1.